The Kier molecular flexibility index (Phi) is 5.62. The lowest BCUT2D eigenvalue weighted by atomic mass is 10.1. The Hall–Kier alpha value is -1.64. The molecule has 2 fully saturated rings. The molecule has 2 aromatic carbocycles. The molecular weight excluding hydrogens is 444 g/mol. The van der Waals surface area contributed by atoms with E-state index >= 15 is 0 Å². The molecule has 2 unspecified atom stereocenters. The molecule has 0 aromatic heterocycles. The summed E-state index contributed by atoms with van der Waals surface area (Å²) in [6.07, 6.45) is 2.16. The lowest BCUT2D eigenvalue weighted by Crippen LogP contribution is -2.51. The molecule has 2 aliphatic rings. The van der Waals surface area contributed by atoms with Gasteiger partial charge in [0, 0.05) is 10.5 Å². The second-order valence-electron chi connectivity index (χ2n) is 7.50. The van der Waals surface area contributed by atoms with E-state index in [0.29, 0.717) is 5.75 Å². The van der Waals surface area contributed by atoms with Gasteiger partial charge in [0.05, 0.1) is 17.5 Å². The SMILES string of the molecule is O=C(COc1ccc2cc(Br)ccc2c1)NC1CS(=O)(=O)CC1N1CCCC1. The zero-order valence-electron chi connectivity index (χ0n) is 15.4. The van der Waals surface area contributed by atoms with Gasteiger partial charge in [-0.25, -0.2) is 8.42 Å². The van der Waals surface area contributed by atoms with Crippen LogP contribution < -0.4 is 10.1 Å². The molecule has 150 valence electrons. The molecule has 2 heterocycles. The summed E-state index contributed by atoms with van der Waals surface area (Å²) in [7, 11) is -3.12. The van der Waals surface area contributed by atoms with Crippen molar-refractivity contribution in [3.8, 4) is 5.75 Å². The predicted molar refractivity (Wildman–Crippen MR) is 112 cm³/mol. The zero-order valence-corrected chi connectivity index (χ0v) is 17.8. The highest BCUT2D eigenvalue weighted by Crippen LogP contribution is 2.25. The quantitative estimate of drug-likeness (QED) is 0.731. The van der Waals surface area contributed by atoms with E-state index in [1.165, 1.54) is 0 Å². The molecule has 2 atom stereocenters. The van der Waals surface area contributed by atoms with E-state index in [1.54, 1.807) is 0 Å². The molecule has 2 aliphatic heterocycles. The van der Waals surface area contributed by atoms with Crippen LogP contribution in [-0.4, -0.2) is 62.5 Å². The van der Waals surface area contributed by atoms with E-state index in [-0.39, 0.29) is 36.1 Å². The van der Waals surface area contributed by atoms with E-state index in [4.69, 9.17) is 4.74 Å². The van der Waals surface area contributed by atoms with Gasteiger partial charge in [-0.3, -0.25) is 9.69 Å². The summed E-state index contributed by atoms with van der Waals surface area (Å²) in [5.74, 6) is 0.450. The molecule has 28 heavy (non-hydrogen) atoms. The van der Waals surface area contributed by atoms with Crippen molar-refractivity contribution in [1.82, 2.24) is 10.2 Å². The Labute approximate surface area is 173 Å². The standard InChI is InChI=1S/C20H23BrN2O4S/c21-16-5-3-15-10-17(6-4-14(15)9-16)27-11-20(24)22-18-12-28(25,26)13-19(18)23-7-1-2-8-23/h3-6,9-10,18-19H,1-2,7-8,11-13H2,(H,22,24). The fraction of sp³-hybridized carbons (Fsp3) is 0.450. The molecule has 2 aromatic rings. The van der Waals surface area contributed by atoms with Crippen molar-refractivity contribution >= 4 is 42.4 Å². The average molecular weight is 467 g/mol. The third kappa shape index (κ3) is 4.50. The number of nitrogens with zero attached hydrogens (tertiary/aromatic N) is 1. The first-order valence-electron chi connectivity index (χ1n) is 9.46. The van der Waals surface area contributed by atoms with Crippen LogP contribution >= 0.6 is 15.9 Å². The summed E-state index contributed by atoms with van der Waals surface area (Å²) in [4.78, 5) is 14.6. The number of nitrogens with one attached hydrogen (secondary N) is 1. The zero-order chi connectivity index (χ0) is 19.7. The van der Waals surface area contributed by atoms with Crippen LogP contribution in [0.5, 0.6) is 5.75 Å². The number of ether oxygens (including phenoxy) is 1. The van der Waals surface area contributed by atoms with Crippen molar-refractivity contribution in [2.45, 2.75) is 24.9 Å². The Morgan fingerprint density at radius 1 is 1.11 bits per heavy atom. The van der Waals surface area contributed by atoms with Crippen molar-refractivity contribution in [3.05, 3.63) is 40.9 Å². The highest BCUT2D eigenvalue weighted by molar-refractivity contribution is 9.10. The molecule has 1 amide bonds. The molecule has 0 aliphatic carbocycles. The van der Waals surface area contributed by atoms with Crippen LogP contribution in [0.25, 0.3) is 10.8 Å². The first-order chi connectivity index (χ1) is 13.4. The topological polar surface area (TPSA) is 75.7 Å². The van der Waals surface area contributed by atoms with Gasteiger partial charge < -0.3 is 10.1 Å². The lowest BCUT2D eigenvalue weighted by Gasteiger charge is -2.28. The molecule has 0 spiro atoms. The third-order valence-electron chi connectivity index (χ3n) is 5.42. The number of rotatable bonds is 5. The van der Waals surface area contributed by atoms with E-state index in [1.807, 2.05) is 36.4 Å². The number of amides is 1. The van der Waals surface area contributed by atoms with Gasteiger partial charge >= 0.3 is 0 Å². The summed E-state index contributed by atoms with van der Waals surface area (Å²) in [6.45, 7) is 1.66. The monoisotopic (exact) mass is 466 g/mol. The van der Waals surface area contributed by atoms with Gasteiger partial charge in [-0.15, -0.1) is 0 Å². The Morgan fingerprint density at radius 2 is 1.82 bits per heavy atom. The van der Waals surface area contributed by atoms with Crippen LogP contribution in [-0.2, 0) is 14.6 Å². The molecule has 2 saturated heterocycles. The number of hydrogen-bond acceptors (Lipinski definition) is 5. The van der Waals surface area contributed by atoms with Crippen molar-refractivity contribution in [2.24, 2.45) is 0 Å². The summed E-state index contributed by atoms with van der Waals surface area (Å²) in [5, 5.41) is 4.99. The molecule has 0 saturated carbocycles. The van der Waals surface area contributed by atoms with E-state index in [0.717, 1.165) is 41.2 Å². The average Bonchev–Trinajstić information content (AvgIpc) is 3.27. The third-order valence-corrected chi connectivity index (χ3v) is 7.63. The van der Waals surface area contributed by atoms with Gasteiger partial charge in [0.25, 0.3) is 5.91 Å². The predicted octanol–water partition coefficient (Wildman–Crippen LogP) is 2.36. The fourth-order valence-corrected chi connectivity index (χ4v) is 6.41. The van der Waals surface area contributed by atoms with Gasteiger partial charge in [-0.2, -0.15) is 0 Å². The number of hydrogen-bond donors (Lipinski definition) is 1. The van der Waals surface area contributed by atoms with E-state index < -0.39 is 9.84 Å². The number of sulfone groups is 1. The highest BCUT2D eigenvalue weighted by atomic mass is 79.9. The fourth-order valence-electron chi connectivity index (χ4n) is 4.08. The largest absolute Gasteiger partial charge is 0.484 e. The number of fused-ring (bicyclic) bond motifs is 1. The van der Waals surface area contributed by atoms with Crippen LogP contribution in [0.15, 0.2) is 40.9 Å². The number of likely N-dealkylation sites (tertiary alicyclic amines) is 1. The van der Waals surface area contributed by atoms with Gasteiger partial charge in [0.1, 0.15) is 5.75 Å². The second kappa shape index (κ2) is 8.00. The minimum absolute atomic E-state index is 0.00472. The van der Waals surface area contributed by atoms with Crippen molar-refractivity contribution in [3.63, 3.8) is 0 Å². The minimum Gasteiger partial charge on any atom is -0.484 e. The molecule has 1 N–H and O–H groups in total. The maximum atomic E-state index is 12.4. The number of carbonyl (C=O) groups is 1. The summed E-state index contributed by atoms with van der Waals surface area (Å²) >= 11 is 3.45. The second-order valence-corrected chi connectivity index (χ2v) is 10.6. The van der Waals surface area contributed by atoms with Crippen LogP contribution in [0.3, 0.4) is 0 Å². The lowest BCUT2D eigenvalue weighted by molar-refractivity contribution is -0.124. The molecule has 6 nitrogen and oxygen atoms in total. The van der Waals surface area contributed by atoms with Crippen molar-refractivity contribution < 1.29 is 17.9 Å². The Balaban J connectivity index is 1.37. The maximum absolute atomic E-state index is 12.4. The Bertz CT molecular complexity index is 989. The van der Waals surface area contributed by atoms with Gasteiger partial charge in [-0.1, -0.05) is 28.1 Å². The first kappa shape index (κ1) is 19.7. The minimum atomic E-state index is -3.12. The summed E-state index contributed by atoms with van der Waals surface area (Å²) < 4.78 is 30.9. The first-order valence-corrected chi connectivity index (χ1v) is 12.1. The van der Waals surface area contributed by atoms with Crippen LogP contribution in [0.4, 0.5) is 0 Å². The van der Waals surface area contributed by atoms with Gasteiger partial charge in [0.15, 0.2) is 16.4 Å². The number of benzene rings is 2. The van der Waals surface area contributed by atoms with E-state index in [2.05, 4.69) is 26.1 Å². The normalized spacial score (nSPS) is 24.5. The van der Waals surface area contributed by atoms with Crippen LogP contribution in [0.1, 0.15) is 12.8 Å². The molecule has 0 radical (unpaired) electrons. The molecule has 4 rings (SSSR count). The van der Waals surface area contributed by atoms with Gasteiger partial charge in [-0.05, 0) is 61.0 Å². The highest BCUT2D eigenvalue weighted by Gasteiger charge is 2.42. The van der Waals surface area contributed by atoms with E-state index in [9.17, 15) is 13.2 Å². The number of carbonyl (C=O) groups excluding carboxylic acids is 1. The van der Waals surface area contributed by atoms with Crippen molar-refractivity contribution in [1.29, 1.82) is 0 Å². The van der Waals surface area contributed by atoms with Crippen LogP contribution in [0, 0.1) is 0 Å². The summed E-state index contributed by atoms with van der Waals surface area (Å²) in [6, 6.07) is 11.1. The molecule has 0 bridgehead atoms. The summed E-state index contributed by atoms with van der Waals surface area (Å²) in [5.41, 5.74) is 0. The molecule has 8 heteroatoms. The smallest absolute Gasteiger partial charge is 0.258 e. The molecular formula is C20H23BrN2O4S. The van der Waals surface area contributed by atoms with Crippen molar-refractivity contribution in [2.75, 3.05) is 31.2 Å². The van der Waals surface area contributed by atoms with Gasteiger partial charge in [0.2, 0.25) is 0 Å². The number of halogens is 1. The Morgan fingerprint density at radius 3 is 2.61 bits per heavy atom. The maximum Gasteiger partial charge on any atom is 0.258 e. The van der Waals surface area contributed by atoms with Crippen LogP contribution in [0.2, 0.25) is 0 Å².